The normalized spacial score (nSPS) is 20.6. The van der Waals surface area contributed by atoms with Gasteiger partial charge >= 0.3 is 6.18 Å². The lowest BCUT2D eigenvalue weighted by Crippen LogP contribution is -2.37. The van der Waals surface area contributed by atoms with Crippen LogP contribution in [-0.4, -0.2) is 18.6 Å². The molecule has 0 bridgehead atoms. The standard InChI is InChI=1S/C12H13F3N2O/c1-7-3-4-8(2)10(5-7)17-11(18)9(6-16-17)12(13,14)15/h3-5,9,16H,6H2,1-2H3. The molecule has 1 N–H and O–H groups in total. The number of alkyl halides is 3. The molecule has 1 saturated heterocycles. The molecule has 1 amide bonds. The van der Waals surface area contributed by atoms with E-state index in [0.29, 0.717) is 5.69 Å². The number of benzene rings is 1. The maximum absolute atomic E-state index is 12.6. The smallest absolute Gasteiger partial charge is 0.272 e. The van der Waals surface area contributed by atoms with Crippen molar-refractivity contribution in [3.63, 3.8) is 0 Å². The number of carbonyl (C=O) groups is 1. The number of anilines is 1. The third-order valence-corrected chi connectivity index (χ3v) is 2.97. The molecule has 1 fully saturated rings. The Morgan fingerprint density at radius 3 is 2.56 bits per heavy atom. The molecule has 18 heavy (non-hydrogen) atoms. The van der Waals surface area contributed by atoms with Gasteiger partial charge in [-0.05, 0) is 31.0 Å². The lowest BCUT2D eigenvalue weighted by Gasteiger charge is -2.19. The maximum Gasteiger partial charge on any atom is 0.401 e. The van der Waals surface area contributed by atoms with Gasteiger partial charge in [0.05, 0.1) is 5.69 Å². The van der Waals surface area contributed by atoms with Crippen LogP contribution in [0.15, 0.2) is 18.2 Å². The molecule has 1 unspecified atom stereocenters. The molecule has 0 aromatic heterocycles. The van der Waals surface area contributed by atoms with E-state index >= 15 is 0 Å². The van der Waals surface area contributed by atoms with Crippen molar-refractivity contribution < 1.29 is 18.0 Å². The molecule has 6 heteroatoms. The number of hydrogen-bond acceptors (Lipinski definition) is 2. The van der Waals surface area contributed by atoms with Crippen LogP contribution in [0.25, 0.3) is 0 Å². The lowest BCUT2D eigenvalue weighted by atomic mass is 10.1. The second-order valence-corrected chi connectivity index (χ2v) is 4.42. The molecule has 0 aliphatic carbocycles. The lowest BCUT2D eigenvalue weighted by molar-refractivity contribution is -0.174. The molecule has 1 aliphatic rings. The van der Waals surface area contributed by atoms with Crippen molar-refractivity contribution in [1.29, 1.82) is 0 Å². The van der Waals surface area contributed by atoms with E-state index < -0.39 is 24.5 Å². The Morgan fingerprint density at radius 1 is 1.33 bits per heavy atom. The summed E-state index contributed by atoms with van der Waals surface area (Å²) in [6.45, 7) is 3.17. The minimum atomic E-state index is -4.50. The van der Waals surface area contributed by atoms with Gasteiger partial charge in [0.2, 0.25) is 0 Å². The fourth-order valence-corrected chi connectivity index (χ4v) is 1.92. The summed E-state index contributed by atoms with van der Waals surface area (Å²) < 4.78 is 37.8. The molecule has 0 saturated carbocycles. The molecule has 1 aromatic rings. The summed E-state index contributed by atoms with van der Waals surface area (Å²) in [4.78, 5) is 11.8. The minimum absolute atomic E-state index is 0.407. The number of halogens is 3. The Bertz CT molecular complexity index is 485. The average molecular weight is 258 g/mol. The predicted octanol–water partition coefficient (Wildman–Crippen LogP) is 2.33. The van der Waals surface area contributed by atoms with E-state index in [4.69, 9.17) is 0 Å². The van der Waals surface area contributed by atoms with Gasteiger partial charge in [-0.2, -0.15) is 13.2 Å². The summed E-state index contributed by atoms with van der Waals surface area (Å²) in [7, 11) is 0. The van der Waals surface area contributed by atoms with E-state index in [9.17, 15) is 18.0 Å². The van der Waals surface area contributed by atoms with Gasteiger partial charge in [0.1, 0.15) is 5.92 Å². The van der Waals surface area contributed by atoms with Crippen molar-refractivity contribution in [3.05, 3.63) is 29.3 Å². The molecule has 0 spiro atoms. The Hall–Kier alpha value is -1.56. The first-order valence-electron chi connectivity index (χ1n) is 5.52. The van der Waals surface area contributed by atoms with Crippen LogP contribution in [0, 0.1) is 19.8 Å². The highest BCUT2D eigenvalue weighted by Gasteiger charge is 2.50. The molecule has 0 radical (unpaired) electrons. The van der Waals surface area contributed by atoms with Crippen LogP contribution < -0.4 is 10.4 Å². The quantitative estimate of drug-likeness (QED) is 0.838. The number of nitrogens with zero attached hydrogens (tertiary/aromatic N) is 1. The third-order valence-electron chi connectivity index (χ3n) is 2.97. The van der Waals surface area contributed by atoms with Gasteiger partial charge in [-0.25, -0.2) is 10.4 Å². The summed E-state index contributed by atoms with van der Waals surface area (Å²) in [5, 5.41) is 1.00. The van der Waals surface area contributed by atoms with Gasteiger partial charge < -0.3 is 0 Å². The van der Waals surface area contributed by atoms with Crippen molar-refractivity contribution in [1.82, 2.24) is 5.43 Å². The molecule has 1 atom stereocenters. The van der Waals surface area contributed by atoms with Gasteiger partial charge in [-0.1, -0.05) is 12.1 Å². The summed E-state index contributed by atoms with van der Waals surface area (Å²) in [6.07, 6.45) is -4.50. The van der Waals surface area contributed by atoms with Gasteiger partial charge in [0.15, 0.2) is 0 Å². The monoisotopic (exact) mass is 258 g/mol. The van der Waals surface area contributed by atoms with E-state index in [1.54, 1.807) is 19.1 Å². The van der Waals surface area contributed by atoms with E-state index in [-0.39, 0.29) is 0 Å². The molecule has 1 aromatic carbocycles. The number of rotatable bonds is 1. The molecule has 1 heterocycles. The molecular formula is C12H13F3N2O. The predicted molar refractivity (Wildman–Crippen MR) is 60.9 cm³/mol. The van der Waals surface area contributed by atoms with E-state index in [1.165, 1.54) is 0 Å². The maximum atomic E-state index is 12.6. The van der Waals surface area contributed by atoms with Crippen LogP contribution in [0.5, 0.6) is 0 Å². The van der Waals surface area contributed by atoms with Crippen LogP contribution in [0.4, 0.5) is 18.9 Å². The van der Waals surface area contributed by atoms with E-state index in [1.807, 2.05) is 13.0 Å². The fraction of sp³-hybridized carbons (Fsp3) is 0.417. The van der Waals surface area contributed by atoms with Crippen molar-refractivity contribution in [3.8, 4) is 0 Å². The largest absolute Gasteiger partial charge is 0.401 e. The summed E-state index contributed by atoms with van der Waals surface area (Å²) >= 11 is 0. The van der Waals surface area contributed by atoms with E-state index in [0.717, 1.165) is 16.1 Å². The number of carbonyl (C=O) groups excluding carboxylic acids is 1. The molecular weight excluding hydrogens is 245 g/mol. The van der Waals surface area contributed by atoms with Crippen molar-refractivity contribution in [2.45, 2.75) is 20.0 Å². The zero-order valence-electron chi connectivity index (χ0n) is 10.0. The van der Waals surface area contributed by atoms with Crippen LogP contribution in [0.1, 0.15) is 11.1 Å². The third kappa shape index (κ3) is 2.20. The summed E-state index contributed by atoms with van der Waals surface area (Å²) in [5.74, 6) is -2.91. The number of nitrogens with one attached hydrogen (secondary N) is 1. The highest BCUT2D eigenvalue weighted by molar-refractivity contribution is 5.97. The molecule has 1 aliphatic heterocycles. The first kappa shape index (κ1) is 12.9. The Labute approximate surface area is 103 Å². The zero-order valence-corrected chi connectivity index (χ0v) is 10.0. The summed E-state index contributed by atoms with van der Waals surface area (Å²) in [6, 6.07) is 5.32. The zero-order chi connectivity index (χ0) is 13.5. The second-order valence-electron chi connectivity index (χ2n) is 4.42. The molecule has 98 valence electrons. The Morgan fingerprint density at radius 2 is 2.00 bits per heavy atom. The highest BCUT2D eigenvalue weighted by atomic mass is 19.4. The Kier molecular flexibility index (Phi) is 3.06. The Balaban J connectivity index is 2.32. The number of amides is 1. The van der Waals surface area contributed by atoms with Crippen molar-refractivity contribution in [2.75, 3.05) is 11.6 Å². The second kappa shape index (κ2) is 4.28. The number of hydrazine groups is 1. The highest BCUT2D eigenvalue weighted by Crippen LogP contribution is 2.33. The van der Waals surface area contributed by atoms with Crippen molar-refractivity contribution >= 4 is 11.6 Å². The first-order chi connectivity index (χ1) is 8.30. The van der Waals surface area contributed by atoms with Gasteiger partial charge in [0.25, 0.3) is 5.91 Å². The minimum Gasteiger partial charge on any atom is -0.272 e. The van der Waals surface area contributed by atoms with Crippen LogP contribution in [-0.2, 0) is 4.79 Å². The fourth-order valence-electron chi connectivity index (χ4n) is 1.92. The topological polar surface area (TPSA) is 32.3 Å². The molecule has 3 nitrogen and oxygen atoms in total. The van der Waals surface area contributed by atoms with E-state index in [2.05, 4.69) is 5.43 Å². The van der Waals surface area contributed by atoms with Crippen LogP contribution in [0.3, 0.4) is 0 Å². The summed E-state index contributed by atoms with van der Waals surface area (Å²) in [5.41, 5.74) is 4.63. The average Bonchev–Trinajstić information content (AvgIpc) is 2.63. The number of hydrogen-bond donors (Lipinski definition) is 1. The first-order valence-corrected chi connectivity index (χ1v) is 5.52. The van der Waals surface area contributed by atoms with Gasteiger partial charge in [-0.15, -0.1) is 0 Å². The van der Waals surface area contributed by atoms with Crippen molar-refractivity contribution in [2.24, 2.45) is 5.92 Å². The number of aryl methyl sites for hydroxylation is 2. The van der Waals surface area contributed by atoms with Gasteiger partial charge in [0, 0.05) is 6.54 Å². The van der Waals surface area contributed by atoms with Crippen LogP contribution in [0.2, 0.25) is 0 Å². The van der Waals surface area contributed by atoms with Crippen LogP contribution >= 0.6 is 0 Å². The SMILES string of the molecule is Cc1ccc(C)c(N2NCC(C(F)(F)F)C2=O)c1. The molecule has 2 rings (SSSR count). The van der Waals surface area contributed by atoms with Gasteiger partial charge in [-0.3, -0.25) is 4.79 Å².